The van der Waals surface area contributed by atoms with Gasteiger partial charge in [-0.25, -0.2) is 4.79 Å². The summed E-state index contributed by atoms with van der Waals surface area (Å²) in [4.78, 5) is 22.4. The third-order valence-corrected chi connectivity index (χ3v) is 3.97. The average molecular weight is 368 g/mol. The normalized spacial score (nSPS) is 28.5. The van der Waals surface area contributed by atoms with Crippen LogP contribution in [0.1, 0.15) is 18.4 Å². The average Bonchev–Trinajstić information content (AvgIpc) is 2.58. The Labute approximate surface area is 149 Å². The lowest BCUT2D eigenvalue weighted by Crippen LogP contribution is -2.54. The summed E-state index contributed by atoms with van der Waals surface area (Å²) in [6.45, 7) is 0.0153. The largest absolute Gasteiger partial charge is 0.504 e. The molecule has 4 atom stereocenters. The fraction of sp³-hybridized carbons (Fsp3) is 0.412. The van der Waals surface area contributed by atoms with Gasteiger partial charge in [-0.2, -0.15) is 0 Å². The molecule has 2 rings (SSSR count). The minimum absolute atomic E-state index is 0.0153. The van der Waals surface area contributed by atoms with Crippen LogP contribution in [0.3, 0.4) is 0 Å². The number of ether oxygens (including phenoxy) is 3. The van der Waals surface area contributed by atoms with E-state index in [9.17, 15) is 30.0 Å². The zero-order valence-corrected chi connectivity index (χ0v) is 13.9. The molecule has 0 amide bonds. The van der Waals surface area contributed by atoms with Crippen molar-refractivity contribution >= 4 is 18.5 Å². The molecule has 2 unspecified atom stereocenters. The molecule has 0 radical (unpaired) electrons. The predicted molar refractivity (Wildman–Crippen MR) is 86.9 cm³/mol. The van der Waals surface area contributed by atoms with E-state index in [4.69, 9.17) is 9.47 Å². The highest BCUT2D eigenvalue weighted by Crippen LogP contribution is 2.31. The van der Waals surface area contributed by atoms with E-state index in [0.717, 1.165) is 6.08 Å². The molecule has 1 fully saturated rings. The number of phenolic OH excluding ortho intramolecular Hbond substituents is 1. The summed E-state index contributed by atoms with van der Waals surface area (Å²) in [7, 11) is 1.38. The smallest absolute Gasteiger partial charge is 0.331 e. The van der Waals surface area contributed by atoms with Crippen molar-refractivity contribution in [2.75, 3.05) is 7.11 Å². The van der Waals surface area contributed by atoms with Gasteiger partial charge in [-0.1, -0.05) is 6.07 Å². The third kappa shape index (κ3) is 4.72. The van der Waals surface area contributed by atoms with Crippen LogP contribution in [0.15, 0.2) is 24.3 Å². The molecule has 0 heterocycles. The summed E-state index contributed by atoms with van der Waals surface area (Å²) >= 11 is 0. The summed E-state index contributed by atoms with van der Waals surface area (Å²) in [5, 5.41) is 39.3. The number of aliphatic hydroxyl groups excluding tert-OH is 2. The number of benzene rings is 1. The van der Waals surface area contributed by atoms with Crippen LogP contribution < -0.4 is 4.74 Å². The maximum Gasteiger partial charge on any atom is 0.331 e. The highest BCUT2D eigenvalue weighted by atomic mass is 16.6. The lowest BCUT2D eigenvalue weighted by Gasteiger charge is -2.39. The van der Waals surface area contributed by atoms with Crippen LogP contribution in [-0.4, -0.2) is 64.1 Å². The predicted octanol–water partition coefficient (Wildman–Crippen LogP) is -0.297. The topological polar surface area (TPSA) is 143 Å². The van der Waals surface area contributed by atoms with Gasteiger partial charge >= 0.3 is 5.97 Å². The van der Waals surface area contributed by atoms with Crippen LogP contribution in [-0.2, 0) is 19.1 Å². The number of aliphatic hydroxyl groups is 3. The Hall–Kier alpha value is -2.62. The second-order valence-electron chi connectivity index (χ2n) is 5.87. The van der Waals surface area contributed by atoms with Crippen LogP contribution in [0, 0.1) is 0 Å². The van der Waals surface area contributed by atoms with Crippen LogP contribution in [0.5, 0.6) is 11.5 Å². The Morgan fingerprint density at radius 1 is 1.31 bits per heavy atom. The first kappa shape index (κ1) is 19.7. The highest BCUT2D eigenvalue weighted by molar-refractivity contribution is 5.87. The second-order valence-corrected chi connectivity index (χ2v) is 5.87. The van der Waals surface area contributed by atoms with Gasteiger partial charge < -0.3 is 34.6 Å². The molecule has 26 heavy (non-hydrogen) atoms. The van der Waals surface area contributed by atoms with Gasteiger partial charge in [0.25, 0.3) is 6.47 Å². The molecule has 0 bridgehead atoms. The number of methoxy groups -OCH3 is 1. The van der Waals surface area contributed by atoms with E-state index >= 15 is 0 Å². The molecule has 4 N–H and O–H groups in total. The minimum Gasteiger partial charge on any atom is -0.504 e. The molecule has 0 saturated heterocycles. The monoisotopic (exact) mass is 368 g/mol. The van der Waals surface area contributed by atoms with E-state index in [0.29, 0.717) is 5.56 Å². The Balaban J connectivity index is 2.04. The van der Waals surface area contributed by atoms with Crippen LogP contribution in [0.4, 0.5) is 0 Å². The lowest BCUT2D eigenvalue weighted by atomic mass is 9.87. The molecule has 1 aromatic carbocycles. The van der Waals surface area contributed by atoms with Crippen molar-refractivity contribution in [3.8, 4) is 11.5 Å². The fourth-order valence-electron chi connectivity index (χ4n) is 2.66. The summed E-state index contributed by atoms with van der Waals surface area (Å²) in [5.41, 5.74) is 0.543. The molecule has 142 valence electrons. The van der Waals surface area contributed by atoms with Crippen molar-refractivity contribution in [1.82, 2.24) is 0 Å². The quantitative estimate of drug-likeness (QED) is 0.230. The summed E-state index contributed by atoms with van der Waals surface area (Å²) in [5.74, 6) is -2.70. The second kappa shape index (κ2) is 8.17. The van der Waals surface area contributed by atoms with Crippen molar-refractivity contribution < 1.29 is 44.2 Å². The van der Waals surface area contributed by atoms with Crippen molar-refractivity contribution in [3.63, 3.8) is 0 Å². The van der Waals surface area contributed by atoms with Crippen LogP contribution in [0.25, 0.3) is 6.08 Å². The maximum absolute atomic E-state index is 12.0. The Morgan fingerprint density at radius 2 is 2.04 bits per heavy atom. The number of carbonyl (C=O) groups excluding carboxylic acids is 2. The highest BCUT2D eigenvalue weighted by Gasteiger charge is 2.47. The first-order chi connectivity index (χ1) is 12.3. The molecule has 1 aromatic rings. The number of aromatic hydroxyl groups is 1. The molecule has 1 saturated carbocycles. The molecule has 0 spiro atoms. The van der Waals surface area contributed by atoms with Crippen LogP contribution in [0.2, 0.25) is 0 Å². The van der Waals surface area contributed by atoms with Gasteiger partial charge in [-0.05, 0) is 23.8 Å². The fourth-order valence-corrected chi connectivity index (χ4v) is 2.66. The van der Waals surface area contributed by atoms with Crippen molar-refractivity contribution in [3.05, 3.63) is 29.8 Å². The van der Waals surface area contributed by atoms with Gasteiger partial charge in [0.05, 0.1) is 19.6 Å². The Morgan fingerprint density at radius 3 is 2.69 bits per heavy atom. The van der Waals surface area contributed by atoms with Crippen molar-refractivity contribution in [2.45, 2.75) is 36.9 Å². The minimum atomic E-state index is -2.03. The van der Waals surface area contributed by atoms with E-state index in [-0.39, 0.29) is 24.4 Å². The molecule has 1 aliphatic carbocycles. The maximum atomic E-state index is 12.0. The summed E-state index contributed by atoms with van der Waals surface area (Å²) in [6, 6.07) is 4.43. The Bertz CT molecular complexity index is 687. The number of hydrogen-bond donors (Lipinski definition) is 4. The zero-order chi connectivity index (χ0) is 19.3. The molecule has 1 aliphatic rings. The standard InChI is InChI=1S/C17H20O9/c1-24-13-6-10(2-4-11(13)19)3-5-15(21)26-14-8-17(23,25-9-18)7-12(20)16(14)22/h2-6,9,12,14,16,19-20,22-23H,7-8H2,1H3/b5-3+/t12?,14?,16-,17-/m0/s1. The van der Waals surface area contributed by atoms with Gasteiger partial charge in [0.15, 0.2) is 11.5 Å². The summed E-state index contributed by atoms with van der Waals surface area (Å²) in [6.07, 6.45) is -2.45. The van der Waals surface area contributed by atoms with Gasteiger partial charge in [-0.3, -0.25) is 4.79 Å². The van der Waals surface area contributed by atoms with Gasteiger partial charge in [0.2, 0.25) is 5.79 Å². The molecule has 0 aromatic heterocycles. The zero-order valence-electron chi connectivity index (χ0n) is 13.9. The Kier molecular flexibility index (Phi) is 6.19. The van der Waals surface area contributed by atoms with E-state index in [1.165, 1.54) is 31.4 Å². The third-order valence-electron chi connectivity index (χ3n) is 3.97. The molecule has 9 nitrogen and oxygen atoms in total. The van der Waals surface area contributed by atoms with Crippen molar-refractivity contribution in [2.24, 2.45) is 0 Å². The van der Waals surface area contributed by atoms with E-state index in [1.54, 1.807) is 0 Å². The number of carbonyl (C=O) groups is 2. The number of esters is 1. The lowest BCUT2D eigenvalue weighted by molar-refractivity contribution is -0.254. The molecule has 9 heteroatoms. The first-order valence-electron chi connectivity index (χ1n) is 7.73. The molecule has 0 aliphatic heterocycles. The van der Waals surface area contributed by atoms with Gasteiger partial charge in [-0.15, -0.1) is 0 Å². The summed E-state index contributed by atoms with van der Waals surface area (Å²) < 4.78 is 14.5. The SMILES string of the molecule is COc1cc(/C=C/C(=O)OC2C[C@@](O)(OC=O)CC(O)[C@@H]2O)ccc1O. The molecular formula is C17H20O9. The number of phenols is 1. The van der Waals surface area contributed by atoms with E-state index in [2.05, 4.69) is 4.74 Å². The first-order valence-corrected chi connectivity index (χ1v) is 7.73. The van der Waals surface area contributed by atoms with Crippen molar-refractivity contribution in [1.29, 1.82) is 0 Å². The van der Waals surface area contributed by atoms with Gasteiger partial charge in [0, 0.05) is 12.5 Å². The van der Waals surface area contributed by atoms with Crippen LogP contribution >= 0.6 is 0 Å². The van der Waals surface area contributed by atoms with E-state index < -0.39 is 36.5 Å². The van der Waals surface area contributed by atoms with Gasteiger partial charge in [0.1, 0.15) is 12.2 Å². The number of rotatable bonds is 6. The van der Waals surface area contributed by atoms with E-state index in [1.807, 2.05) is 0 Å². The number of hydrogen-bond acceptors (Lipinski definition) is 9. The molecular weight excluding hydrogens is 348 g/mol.